The number of ether oxygens (including phenoxy) is 1. The fourth-order valence-corrected chi connectivity index (χ4v) is 1.95. The lowest BCUT2D eigenvalue weighted by molar-refractivity contribution is -0.384. The molecule has 2 aromatic rings. The first kappa shape index (κ1) is 15.0. The minimum Gasteiger partial charge on any atom is -0.487 e. The normalized spacial score (nSPS) is 10.2. The Kier molecular flexibility index (Phi) is 4.55. The second-order valence-electron chi connectivity index (χ2n) is 4.41. The molecular weight excluding hydrogens is 294 g/mol. The van der Waals surface area contributed by atoms with E-state index in [2.05, 4.69) is 0 Å². The Morgan fingerprint density at radius 2 is 1.90 bits per heavy atom. The fraction of sp³-hybridized carbons (Fsp3) is 0.133. The molecule has 21 heavy (non-hydrogen) atoms. The lowest BCUT2D eigenvalue weighted by atomic mass is 10.1. The number of rotatable bonds is 5. The Hall–Kier alpha value is -2.40. The van der Waals surface area contributed by atoms with Crippen molar-refractivity contribution in [2.45, 2.75) is 13.5 Å². The second-order valence-corrected chi connectivity index (χ2v) is 4.82. The number of benzene rings is 2. The topological polar surface area (TPSA) is 69.4 Å². The number of non-ortho nitro benzene ring substituents is 1. The number of nitro benzene ring substituents is 1. The molecule has 0 saturated carbocycles. The number of Topliss-reactive ketones (excluding diaryl/α,β-unsaturated/α-hetero) is 1. The minimum atomic E-state index is -0.456. The average Bonchev–Trinajstić information content (AvgIpc) is 2.46. The maximum atomic E-state index is 11.2. The zero-order valence-electron chi connectivity index (χ0n) is 11.2. The van der Waals surface area contributed by atoms with Crippen LogP contribution in [0.3, 0.4) is 0 Å². The predicted molar refractivity (Wildman–Crippen MR) is 78.9 cm³/mol. The molecule has 2 rings (SSSR count). The highest BCUT2D eigenvalue weighted by molar-refractivity contribution is 6.32. The van der Waals surface area contributed by atoms with Gasteiger partial charge in [0.15, 0.2) is 5.78 Å². The summed E-state index contributed by atoms with van der Waals surface area (Å²) in [5, 5.41) is 10.9. The van der Waals surface area contributed by atoms with Gasteiger partial charge in [0.2, 0.25) is 0 Å². The molecule has 0 radical (unpaired) electrons. The van der Waals surface area contributed by atoms with Crippen LogP contribution in [0.25, 0.3) is 0 Å². The first-order valence-electron chi connectivity index (χ1n) is 6.14. The van der Waals surface area contributed by atoms with Crippen molar-refractivity contribution in [3.63, 3.8) is 0 Å². The highest BCUT2D eigenvalue weighted by Crippen LogP contribution is 2.26. The van der Waals surface area contributed by atoms with Crippen molar-refractivity contribution in [3.05, 3.63) is 68.7 Å². The highest BCUT2D eigenvalue weighted by atomic mass is 35.5. The van der Waals surface area contributed by atoms with Gasteiger partial charge in [-0.15, -0.1) is 0 Å². The van der Waals surface area contributed by atoms with Crippen LogP contribution in [0.1, 0.15) is 22.8 Å². The van der Waals surface area contributed by atoms with E-state index in [1.54, 1.807) is 30.3 Å². The van der Waals surface area contributed by atoms with E-state index in [0.29, 0.717) is 16.3 Å². The van der Waals surface area contributed by atoms with E-state index in [-0.39, 0.29) is 18.1 Å². The van der Waals surface area contributed by atoms with E-state index in [0.717, 1.165) is 5.56 Å². The van der Waals surface area contributed by atoms with Gasteiger partial charge in [-0.3, -0.25) is 14.9 Å². The van der Waals surface area contributed by atoms with Crippen molar-refractivity contribution in [1.82, 2.24) is 0 Å². The van der Waals surface area contributed by atoms with Crippen LogP contribution in [-0.4, -0.2) is 10.7 Å². The number of carbonyl (C=O) groups excluding carboxylic acids is 1. The number of hydrogen-bond acceptors (Lipinski definition) is 4. The number of carbonyl (C=O) groups is 1. The van der Waals surface area contributed by atoms with Crippen molar-refractivity contribution in [3.8, 4) is 5.75 Å². The summed E-state index contributed by atoms with van der Waals surface area (Å²) in [5.41, 5.74) is 1.33. The molecule has 0 saturated heterocycles. The maximum absolute atomic E-state index is 11.2. The Bertz CT molecular complexity index is 683. The molecule has 6 heteroatoms. The van der Waals surface area contributed by atoms with Crippen LogP contribution in [0.15, 0.2) is 42.5 Å². The van der Waals surface area contributed by atoms with E-state index in [9.17, 15) is 14.9 Å². The molecule has 0 N–H and O–H groups in total. The van der Waals surface area contributed by atoms with Crippen LogP contribution < -0.4 is 4.74 Å². The molecule has 2 aromatic carbocycles. The Morgan fingerprint density at radius 3 is 2.43 bits per heavy atom. The largest absolute Gasteiger partial charge is 0.487 e. The first-order chi connectivity index (χ1) is 9.97. The molecule has 0 atom stereocenters. The van der Waals surface area contributed by atoms with Crippen molar-refractivity contribution in [2.24, 2.45) is 0 Å². The standard InChI is InChI=1S/C15H12ClNO4/c1-10(18)12-4-7-15(14(16)8-12)21-9-11-2-5-13(6-3-11)17(19)20/h2-8H,9H2,1H3. The van der Waals surface area contributed by atoms with E-state index in [1.807, 2.05) is 0 Å². The average molecular weight is 306 g/mol. The molecule has 0 aromatic heterocycles. The smallest absolute Gasteiger partial charge is 0.269 e. The lowest BCUT2D eigenvalue weighted by Gasteiger charge is -2.09. The SMILES string of the molecule is CC(=O)c1ccc(OCc2ccc([N+](=O)[O-])cc2)c(Cl)c1. The summed E-state index contributed by atoms with van der Waals surface area (Å²) in [5.74, 6) is 0.388. The zero-order chi connectivity index (χ0) is 15.4. The molecule has 0 bridgehead atoms. The quantitative estimate of drug-likeness (QED) is 0.475. The maximum Gasteiger partial charge on any atom is 0.269 e. The van der Waals surface area contributed by atoms with Crippen molar-refractivity contribution in [1.29, 1.82) is 0 Å². The van der Waals surface area contributed by atoms with Crippen LogP contribution in [0.2, 0.25) is 5.02 Å². The zero-order valence-corrected chi connectivity index (χ0v) is 12.0. The molecule has 108 valence electrons. The second kappa shape index (κ2) is 6.37. The number of ketones is 1. The van der Waals surface area contributed by atoms with E-state index in [4.69, 9.17) is 16.3 Å². The molecule has 0 amide bonds. The third kappa shape index (κ3) is 3.79. The van der Waals surface area contributed by atoms with E-state index < -0.39 is 4.92 Å². The van der Waals surface area contributed by atoms with Crippen LogP contribution in [0.5, 0.6) is 5.75 Å². The van der Waals surface area contributed by atoms with Crippen LogP contribution in [0, 0.1) is 10.1 Å². The van der Waals surface area contributed by atoms with Gasteiger partial charge in [0.25, 0.3) is 5.69 Å². The summed E-state index contributed by atoms with van der Waals surface area (Å²) >= 11 is 6.04. The van der Waals surface area contributed by atoms with Gasteiger partial charge in [-0.2, -0.15) is 0 Å². The highest BCUT2D eigenvalue weighted by Gasteiger charge is 2.07. The van der Waals surface area contributed by atoms with Gasteiger partial charge < -0.3 is 4.74 Å². The predicted octanol–water partition coefficient (Wildman–Crippen LogP) is 4.03. The summed E-state index contributed by atoms with van der Waals surface area (Å²) in [6.45, 7) is 1.69. The minimum absolute atomic E-state index is 0.0302. The fourth-order valence-electron chi connectivity index (χ4n) is 1.71. The molecule has 5 nitrogen and oxygen atoms in total. The van der Waals surface area contributed by atoms with Gasteiger partial charge in [0.05, 0.1) is 9.95 Å². The van der Waals surface area contributed by atoms with Gasteiger partial charge in [0.1, 0.15) is 12.4 Å². The number of nitro groups is 1. The van der Waals surface area contributed by atoms with Gasteiger partial charge in [-0.1, -0.05) is 11.6 Å². The summed E-state index contributed by atoms with van der Waals surface area (Å²) in [6.07, 6.45) is 0. The van der Waals surface area contributed by atoms with Crippen LogP contribution in [0.4, 0.5) is 5.69 Å². The molecule has 0 unspecified atom stereocenters. The van der Waals surface area contributed by atoms with E-state index in [1.165, 1.54) is 19.1 Å². The number of halogens is 1. The van der Waals surface area contributed by atoms with Gasteiger partial charge in [0, 0.05) is 17.7 Å². The molecular formula is C15H12ClNO4. The summed E-state index contributed by atoms with van der Waals surface area (Å²) in [7, 11) is 0. The summed E-state index contributed by atoms with van der Waals surface area (Å²) < 4.78 is 5.54. The summed E-state index contributed by atoms with van der Waals surface area (Å²) in [4.78, 5) is 21.3. The Morgan fingerprint density at radius 1 is 1.24 bits per heavy atom. The number of nitrogens with zero attached hydrogens (tertiary/aromatic N) is 1. The molecule has 0 heterocycles. The number of hydrogen-bond donors (Lipinski definition) is 0. The van der Waals surface area contributed by atoms with Crippen molar-refractivity contribution in [2.75, 3.05) is 0 Å². The van der Waals surface area contributed by atoms with Crippen LogP contribution in [-0.2, 0) is 6.61 Å². The third-order valence-corrected chi connectivity index (χ3v) is 3.18. The molecule has 0 spiro atoms. The van der Waals surface area contributed by atoms with Crippen molar-refractivity contribution < 1.29 is 14.5 Å². The van der Waals surface area contributed by atoms with E-state index >= 15 is 0 Å². The summed E-state index contributed by atoms with van der Waals surface area (Å²) in [6, 6.07) is 10.9. The third-order valence-electron chi connectivity index (χ3n) is 2.88. The van der Waals surface area contributed by atoms with Gasteiger partial charge >= 0.3 is 0 Å². The van der Waals surface area contributed by atoms with Crippen molar-refractivity contribution >= 4 is 23.1 Å². The monoisotopic (exact) mass is 305 g/mol. The molecule has 0 fully saturated rings. The molecule has 0 aliphatic rings. The van der Waals surface area contributed by atoms with Gasteiger partial charge in [-0.05, 0) is 42.8 Å². The lowest BCUT2D eigenvalue weighted by Crippen LogP contribution is -1.98. The van der Waals surface area contributed by atoms with Gasteiger partial charge in [-0.25, -0.2) is 0 Å². The van der Waals surface area contributed by atoms with Crippen LogP contribution >= 0.6 is 11.6 Å². The Labute approximate surface area is 126 Å². The first-order valence-corrected chi connectivity index (χ1v) is 6.52. The Balaban J connectivity index is 2.06. The molecule has 0 aliphatic carbocycles. The molecule has 0 aliphatic heterocycles.